The molecular formula is C19H18Cl2N2O2. The predicted molar refractivity (Wildman–Crippen MR) is 100 cm³/mol. The molecular weight excluding hydrogens is 359 g/mol. The molecule has 0 radical (unpaired) electrons. The smallest absolute Gasteiger partial charge is 0.254 e. The van der Waals surface area contributed by atoms with Crippen molar-refractivity contribution in [2.75, 3.05) is 18.0 Å². The SMILES string of the molecule is Cc1ccc(N2CCN(C(=O)c3ccc(Cl)cc3)[C@H](C)C2=O)cc1Cl. The van der Waals surface area contributed by atoms with Crippen molar-refractivity contribution in [3.63, 3.8) is 0 Å². The minimum Gasteiger partial charge on any atom is -0.325 e. The Morgan fingerprint density at radius 1 is 1.08 bits per heavy atom. The molecule has 0 aromatic heterocycles. The largest absolute Gasteiger partial charge is 0.325 e. The summed E-state index contributed by atoms with van der Waals surface area (Å²) in [4.78, 5) is 28.8. The summed E-state index contributed by atoms with van der Waals surface area (Å²) in [6.07, 6.45) is 0. The first-order chi connectivity index (χ1) is 11.9. The van der Waals surface area contributed by atoms with Gasteiger partial charge < -0.3 is 9.80 Å². The van der Waals surface area contributed by atoms with Crippen molar-refractivity contribution in [1.29, 1.82) is 0 Å². The van der Waals surface area contributed by atoms with E-state index in [-0.39, 0.29) is 11.8 Å². The number of benzene rings is 2. The van der Waals surface area contributed by atoms with Crippen LogP contribution in [0, 0.1) is 6.92 Å². The maximum absolute atomic E-state index is 12.8. The van der Waals surface area contributed by atoms with Gasteiger partial charge in [-0.2, -0.15) is 0 Å². The zero-order valence-corrected chi connectivity index (χ0v) is 15.5. The quantitative estimate of drug-likeness (QED) is 0.788. The van der Waals surface area contributed by atoms with Crippen LogP contribution in [-0.2, 0) is 4.79 Å². The zero-order chi connectivity index (χ0) is 18.1. The van der Waals surface area contributed by atoms with E-state index in [0.717, 1.165) is 11.3 Å². The lowest BCUT2D eigenvalue weighted by Crippen LogP contribution is -2.57. The number of anilines is 1. The normalized spacial score (nSPS) is 17.8. The number of hydrogen-bond donors (Lipinski definition) is 0. The Balaban J connectivity index is 1.80. The molecule has 4 nitrogen and oxygen atoms in total. The van der Waals surface area contributed by atoms with Crippen LogP contribution in [0.15, 0.2) is 42.5 Å². The van der Waals surface area contributed by atoms with Crippen LogP contribution < -0.4 is 4.90 Å². The molecule has 0 saturated carbocycles. The van der Waals surface area contributed by atoms with E-state index in [4.69, 9.17) is 23.2 Å². The summed E-state index contributed by atoms with van der Waals surface area (Å²) in [7, 11) is 0. The predicted octanol–water partition coefficient (Wildman–Crippen LogP) is 4.18. The Kier molecular flexibility index (Phi) is 5.02. The number of amides is 2. The lowest BCUT2D eigenvalue weighted by Gasteiger charge is -2.39. The molecule has 25 heavy (non-hydrogen) atoms. The van der Waals surface area contributed by atoms with E-state index >= 15 is 0 Å². The number of carbonyl (C=O) groups excluding carboxylic acids is 2. The molecule has 2 amide bonds. The fraction of sp³-hybridized carbons (Fsp3) is 0.263. The standard InChI is InChI=1S/C19H18Cl2N2O2/c1-12-3-8-16(11-17(12)21)23-10-9-22(13(2)18(23)24)19(25)14-4-6-15(20)7-5-14/h3-8,11,13H,9-10H2,1-2H3/t13-/m1/s1. The van der Waals surface area contributed by atoms with E-state index in [1.807, 2.05) is 19.1 Å². The Labute approximate surface area is 156 Å². The van der Waals surface area contributed by atoms with Crippen LogP contribution in [0.3, 0.4) is 0 Å². The average molecular weight is 377 g/mol. The second kappa shape index (κ2) is 7.06. The molecule has 1 aliphatic rings. The fourth-order valence-corrected chi connectivity index (χ4v) is 3.21. The third-order valence-electron chi connectivity index (χ3n) is 4.47. The Bertz CT molecular complexity index is 821. The molecule has 1 fully saturated rings. The number of halogens is 2. The van der Waals surface area contributed by atoms with Gasteiger partial charge in [-0.3, -0.25) is 9.59 Å². The summed E-state index contributed by atoms with van der Waals surface area (Å²) in [5.41, 5.74) is 2.24. The van der Waals surface area contributed by atoms with Crippen molar-refractivity contribution in [3.05, 3.63) is 63.6 Å². The third kappa shape index (κ3) is 3.51. The van der Waals surface area contributed by atoms with Crippen molar-refractivity contribution in [2.24, 2.45) is 0 Å². The van der Waals surface area contributed by atoms with E-state index in [2.05, 4.69) is 0 Å². The van der Waals surface area contributed by atoms with Crippen LogP contribution in [-0.4, -0.2) is 35.8 Å². The number of carbonyl (C=O) groups is 2. The Morgan fingerprint density at radius 2 is 1.76 bits per heavy atom. The molecule has 3 rings (SSSR count). The molecule has 6 heteroatoms. The Hall–Kier alpha value is -2.04. The second-order valence-electron chi connectivity index (χ2n) is 6.10. The van der Waals surface area contributed by atoms with Gasteiger partial charge in [-0.25, -0.2) is 0 Å². The zero-order valence-electron chi connectivity index (χ0n) is 14.0. The van der Waals surface area contributed by atoms with E-state index in [0.29, 0.717) is 28.7 Å². The van der Waals surface area contributed by atoms with Crippen LogP contribution in [0.25, 0.3) is 0 Å². The lowest BCUT2D eigenvalue weighted by molar-refractivity contribution is -0.124. The summed E-state index contributed by atoms with van der Waals surface area (Å²) in [6.45, 7) is 4.55. The summed E-state index contributed by atoms with van der Waals surface area (Å²) in [5.74, 6) is -0.285. The number of rotatable bonds is 2. The summed E-state index contributed by atoms with van der Waals surface area (Å²) in [5, 5.41) is 1.19. The van der Waals surface area contributed by atoms with Crippen LogP contribution in [0.2, 0.25) is 10.0 Å². The first kappa shape index (κ1) is 17.8. The first-order valence-corrected chi connectivity index (χ1v) is 8.78. The van der Waals surface area contributed by atoms with Crippen molar-refractivity contribution >= 4 is 40.7 Å². The summed E-state index contributed by atoms with van der Waals surface area (Å²) >= 11 is 12.0. The van der Waals surface area contributed by atoms with Gasteiger partial charge in [-0.1, -0.05) is 29.3 Å². The van der Waals surface area contributed by atoms with E-state index in [1.165, 1.54) is 0 Å². The highest BCUT2D eigenvalue weighted by molar-refractivity contribution is 6.31. The molecule has 1 aliphatic heterocycles. The van der Waals surface area contributed by atoms with E-state index < -0.39 is 6.04 Å². The Morgan fingerprint density at radius 3 is 2.40 bits per heavy atom. The molecule has 130 valence electrons. The van der Waals surface area contributed by atoms with E-state index in [9.17, 15) is 9.59 Å². The van der Waals surface area contributed by atoms with E-state index in [1.54, 1.807) is 47.1 Å². The molecule has 1 saturated heterocycles. The minimum atomic E-state index is -0.544. The summed E-state index contributed by atoms with van der Waals surface area (Å²) in [6, 6.07) is 11.7. The second-order valence-corrected chi connectivity index (χ2v) is 6.95. The summed E-state index contributed by atoms with van der Waals surface area (Å²) < 4.78 is 0. The van der Waals surface area contributed by atoms with Gasteiger partial charge in [-0.05, 0) is 55.8 Å². The monoisotopic (exact) mass is 376 g/mol. The fourth-order valence-electron chi connectivity index (χ4n) is 2.91. The molecule has 1 atom stereocenters. The number of nitrogens with zero attached hydrogens (tertiary/aromatic N) is 2. The van der Waals surface area contributed by atoms with Gasteiger partial charge in [0.05, 0.1) is 0 Å². The molecule has 1 heterocycles. The third-order valence-corrected chi connectivity index (χ3v) is 5.13. The number of piperazine rings is 1. The molecule has 0 N–H and O–H groups in total. The highest BCUT2D eigenvalue weighted by atomic mass is 35.5. The topological polar surface area (TPSA) is 40.6 Å². The van der Waals surface area contributed by atoms with Crippen molar-refractivity contribution in [2.45, 2.75) is 19.9 Å². The molecule has 0 bridgehead atoms. The maximum Gasteiger partial charge on any atom is 0.254 e. The molecule has 0 aliphatic carbocycles. The molecule has 2 aromatic rings. The van der Waals surface area contributed by atoms with Gasteiger partial charge in [0.15, 0.2) is 0 Å². The van der Waals surface area contributed by atoms with Gasteiger partial charge in [0.25, 0.3) is 5.91 Å². The van der Waals surface area contributed by atoms with Crippen molar-refractivity contribution in [1.82, 2.24) is 4.90 Å². The highest BCUT2D eigenvalue weighted by Crippen LogP contribution is 2.26. The average Bonchev–Trinajstić information content (AvgIpc) is 2.60. The van der Waals surface area contributed by atoms with Crippen molar-refractivity contribution in [3.8, 4) is 0 Å². The van der Waals surface area contributed by atoms with Crippen LogP contribution in [0.4, 0.5) is 5.69 Å². The maximum atomic E-state index is 12.8. The lowest BCUT2D eigenvalue weighted by atomic mass is 10.1. The van der Waals surface area contributed by atoms with Gasteiger partial charge in [0.2, 0.25) is 5.91 Å². The minimum absolute atomic E-state index is 0.117. The highest BCUT2D eigenvalue weighted by Gasteiger charge is 2.35. The molecule has 2 aromatic carbocycles. The van der Waals surface area contributed by atoms with Crippen LogP contribution in [0.1, 0.15) is 22.8 Å². The number of hydrogen-bond acceptors (Lipinski definition) is 2. The van der Waals surface area contributed by atoms with Gasteiger partial charge >= 0.3 is 0 Å². The number of aryl methyl sites for hydroxylation is 1. The first-order valence-electron chi connectivity index (χ1n) is 8.02. The van der Waals surface area contributed by atoms with Crippen molar-refractivity contribution < 1.29 is 9.59 Å². The van der Waals surface area contributed by atoms with Gasteiger partial charge in [-0.15, -0.1) is 0 Å². The van der Waals surface area contributed by atoms with Gasteiger partial charge in [0, 0.05) is 34.4 Å². The van der Waals surface area contributed by atoms with Crippen LogP contribution in [0.5, 0.6) is 0 Å². The van der Waals surface area contributed by atoms with Crippen LogP contribution >= 0.6 is 23.2 Å². The van der Waals surface area contributed by atoms with Gasteiger partial charge in [0.1, 0.15) is 6.04 Å². The molecule has 0 unspecified atom stereocenters. The molecule has 0 spiro atoms.